The van der Waals surface area contributed by atoms with Crippen molar-refractivity contribution in [2.75, 3.05) is 6.61 Å². The SMILES string of the molecule is Cc1ncc(C(=O)Cc2cc(Cl)cc3c2OCC3)s1. The van der Waals surface area contributed by atoms with Gasteiger partial charge >= 0.3 is 0 Å². The summed E-state index contributed by atoms with van der Waals surface area (Å²) in [6.07, 6.45) is 2.80. The van der Waals surface area contributed by atoms with E-state index in [9.17, 15) is 4.79 Å². The fourth-order valence-corrected chi connectivity index (χ4v) is 3.21. The normalized spacial score (nSPS) is 13.2. The fraction of sp³-hybridized carbons (Fsp3) is 0.286. The number of benzene rings is 1. The summed E-state index contributed by atoms with van der Waals surface area (Å²) in [5, 5.41) is 1.56. The van der Waals surface area contributed by atoms with Crippen LogP contribution < -0.4 is 4.74 Å². The molecule has 3 nitrogen and oxygen atoms in total. The highest BCUT2D eigenvalue weighted by atomic mass is 35.5. The first kappa shape index (κ1) is 12.6. The predicted molar refractivity (Wildman–Crippen MR) is 75.5 cm³/mol. The van der Waals surface area contributed by atoms with Crippen molar-refractivity contribution in [3.63, 3.8) is 0 Å². The van der Waals surface area contributed by atoms with E-state index in [1.54, 1.807) is 6.20 Å². The molecule has 2 aromatic rings. The van der Waals surface area contributed by atoms with Crippen molar-refractivity contribution in [2.24, 2.45) is 0 Å². The van der Waals surface area contributed by atoms with Gasteiger partial charge in [0.15, 0.2) is 5.78 Å². The second-order valence-electron chi connectivity index (χ2n) is 4.50. The maximum atomic E-state index is 12.2. The molecule has 1 aromatic carbocycles. The van der Waals surface area contributed by atoms with Gasteiger partial charge in [-0.2, -0.15) is 0 Å². The molecule has 0 bridgehead atoms. The first-order valence-electron chi connectivity index (χ1n) is 6.03. The van der Waals surface area contributed by atoms with Gasteiger partial charge in [-0.05, 0) is 24.6 Å². The van der Waals surface area contributed by atoms with Gasteiger partial charge in [-0.3, -0.25) is 4.79 Å². The largest absolute Gasteiger partial charge is 0.493 e. The molecule has 0 radical (unpaired) electrons. The molecule has 5 heteroatoms. The first-order valence-corrected chi connectivity index (χ1v) is 7.22. The van der Waals surface area contributed by atoms with E-state index in [2.05, 4.69) is 4.98 Å². The number of ketones is 1. The van der Waals surface area contributed by atoms with Crippen LogP contribution in [0.1, 0.15) is 25.8 Å². The van der Waals surface area contributed by atoms with Crippen molar-refractivity contribution in [3.05, 3.63) is 44.4 Å². The Balaban J connectivity index is 1.90. The second kappa shape index (κ2) is 4.94. The van der Waals surface area contributed by atoms with Gasteiger partial charge in [0.1, 0.15) is 5.75 Å². The van der Waals surface area contributed by atoms with E-state index in [-0.39, 0.29) is 5.78 Å². The third kappa shape index (κ3) is 2.51. The number of thiazole rings is 1. The number of aryl methyl sites for hydroxylation is 1. The van der Waals surface area contributed by atoms with Crippen LogP contribution in [0.25, 0.3) is 0 Å². The standard InChI is InChI=1S/C14H12ClNO2S/c1-8-16-7-13(19-8)12(17)6-10-5-11(15)4-9-2-3-18-14(9)10/h4-5,7H,2-3,6H2,1H3. The van der Waals surface area contributed by atoms with Crippen molar-refractivity contribution < 1.29 is 9.53 Å². The summed E-state index contributed by atoms with van der Waals surface area (Å²) < 4.78 is 5.60. The highest BCUT2D eigenvalue weighted by Gasteiger charge is 2.20. The molecule has 0 saturated carbocycles. The molecule has 0 atom stereocenters. The predicted octanol–water partition coefficient (Wildman–Crippen LogP) is 3.47. The lowest BCUT2D eigenvalue weighted by Gasteiger charge is -2.07. The molecule has 0 saturated heterocycles. The van der Waals surface area contributed by atoms with E-state index in [1.165, 1.54) is 11.3 Å². The number of carbonyl (C=O) groups is 1. The smallest absolute Gasteiger partial charge is 0.178 e. The zero-order valence-corrected chi connectivity index (χ0v) is 12.0. The third-order valence-electron chi connectivity index (χ3n) is 3.07. The van der Waals surface area contributed by atoms with Gasteiger partial charge in [0.25, 0.3) is 0 Å². The number of carbonyl (C=O) groups excluding carboxylic acids is 1. The zero-order valence-electron chi connectivity index (χ0n) is 10.4. The maximum absolute atomic E-state index is 12.2. The summed E-state index contributed by atoms with van der Waals surface area (Å²) in [6, 6.07) is 3.73. The van der Waals surface area contributed by atoms with Crippen LogP contribution in [0.15, 0.2) is 18.3 Å². The van der Waals surface area contributed by atoms with E-state index in [0.717, 1.165) is 28.3 Å². The van der Waals surface area contributed by atoms with E-state index in [0.29, 0.717) is 22.9 Å². The van der Waals surface area contributed by atoms with Crippen molar-refractivity contribution in [3.8, 4) is 5.75 Å². The summed E-state index contributed by atoms with van der Waals surface area (Å²) >= 11 is 7.50. The number of ether oxygens (including phenoxy) is 1. The Morgan fingerprint density at radius 3 is 3.11 bits per heavy atom. The fourth-order valence-electron chi connectivity index (χ4n) is 2.23. The molecule has 0 amide bonds. The van der Waals surface area contributed by atoms with E-state index in [4.69, 9.17) is 16.3 Å². The van der Waals surface area contributed by atoms with E-state index in [1.807, 2.05) is 19.1 Å². The molecule has 1 aromatic heterocycles. The number of nitrogens with zero attached hydrogens (tertiary/aromatic N) is 1. The Morgan fingerprint density at radius 2 is 2.37 bits per heavy atom. The third-order valence-corrected chi connectivity index (χ3v) is 4.24. The number of aromatic nitrogens is 1. The molecule has 19 heavy (non-hydrogen) atoms. The first-order chi connectivity index (χ1) is 9.13. The molecule has 1 aliphatic heterocycles. The number of halogens is 1. The van der Waals surface area contributed by atoms with Crippen LogP contribution in [0.5, 0.6) is 5.75 Å². The lowest BCUT2D eigenvalue weighted by atomic mass is 10.0. The molecule has 0 unspecified atom stereocenters. The van der Waals surface area contributed by atoms with Crippen molar-refractivity contribution >= 4 is 28.7 Å². The van der Waals surface area contributed by atoms with Crippen molar-refractivity contribution in [1.29, 1.82) is 0 Å². The Bertz CT molecular complexity index is 651. The van der Waals surface area contributed by atoms with E-state index >= 15 is 0 Å². The summed E-state index contributed by atoms with van der Waals surface area (Å²) in [5.41, 5.74) is 1.96. The quantitative estimate of drug-likeness (QED) is 0.814. The molecule has 3 rings (SSSR count). The van der Waals surface area contributed by atoms with Crippen LogP contribution in [-0.4, -0.2) is 17.4 Å². The number of hydrogen-bond acceptors (Lipinski definition) is 4. The highest BCUT2D eigenvalue weighted by Crippen LogP contribution is 2.33. The van der Waals surface area contributed by atoms with Crippen LogP contribution in [-0.2, 0) is 12.8 Å². The maximum Gasteiger partial charge on any atom is 0.178 e. The van der Waals surface area contributed by atoms with Gasteiger partial charge in [0.2, 0.25) is 0 Å². The van der Waals surface area contributed by atoms with Crippen LogP contribution in [0.3, 0.4) is 0 Å². The van der Waals surface area contributed by atoms with Crippen molar-refractivity contribution in [2.45, 2.75) is 19.8 Å². The van der Waals surface area contributed by atoms with Gasteiger partial charge in [0, 0.05) is 29.6 Å². The minimum atomic E-state index is 0.0607. The molecule has 2 heterocycles. The Hall–Kier alpha value is -1.39. The van der Waals surface area contributed by atoms with Crippen LogP contribution in [0.4, 0.5) is 0 Å². The van der Waals surface area contributed by atoms with Crippen LogP contribution in [0.2, 0.25) is 5.02 Å². The summed E-state index contributed by atoms with van der Waals surface area (Å²) in [4.78, 5) is 17.0. The number of hydrogen-bond donors (Lipinski definition) is 0. The number of fused-ring (bicyclic) bond motifs is 1. The summed E-state index contributed by atoms with van der Waals surface area (Å²) in [7, 11) is 0. The van der Waals surface area contributed by atoms with E-state index < -0.39 is 0 Å². The monoisotopic (exact) mass is 293 g/mol. The van der Waals surface area contributed by atoms with Crippen LogP contribution >= 0.6 is 22.9 Å². The van der Waals surface area contributed by atoms with Gasteiger partial charge in [-0.25, -0.2) is 4.98 Å². The molecule has 98 valence electrons. The molecule has 0 fully saturated rings. The Labute approximate surface area is 120 Å². The van der Waals surface area contributed by atoms with Gasteiger partial charge in [-0.15, -0.1) is 11.3 Å². The molecular formula is C14H12ClNO2S. The Kier molecular flexibility index (Phi) is 3.29. The zero-order chi connectivity index (χ0) is 13.4. The molecule has 0 spiro atoms. The molecule has 0 aliphatic carbocycles. The highest BCUT2D eigenvalue weighted by molar-refractivity contribution is 7.13. The van der Waals surface area contributed by atoms with Crippen LogP contribution in [0, 0.1) is 6.92 Å². The van der Waals surface area contributed by atoms with Gasteiger partial charge in [-0.1, -0.05) is 11.6 Å². The lowest BCUT2D eigenvalue weighted by molar-refractivity contribution is 0.0995. The minimum absolute atomic E-state index is 0.0607. The van der Waals surface area contributed by atoms with Crippen molar-refractivity contribution in [1.82, 2.24) is 4.98 Å². The number of Topliss-reactive ketones (excluding diaryl/α,β-unsaturated/α-hetero) is 1. The van der Waals surface area contributed by atoms with Gasteiger partial charge < -0.3 is 4.74 Å². The minimum Gasteiger partial charge on any atom is -0.493 e. The summed E-state index contributed by atoms with van der Waals surface area (Å²) in [5.74, 6) is 0.893. The topological polar surface area (TPSA) is 39.2 Å². The lowest BCUT2D eigenvalue weighted by Crippen LogP contribution is -2.03. The molecular weight excluding hydrogens is 282 g/mol. The molecule has 1 aliphatic rings. The second-order valence-corrected chi connectivity index (χ2v) is 6.17. The summed E-state index contributed by atoms with van der Waals surface area (Å²) in [6.45, 7) is 2.55. The average molecular weight is 294 g/mol. The average Bonchev–Trinajstić information content (AvgIpc) is 2.97. The van der Waals surface area contributed by atoms with Gasteiger partial charge in [0.05, 0.1) is 16.5 Å². The molecule has 0 N–H and O–H groups in total. The number of rotatable bonds is 3. The Morgan fingerprint density at radius 1 is 1.53 bits per heavy atom.